The lowest BCUT2D eigenvalue weighted by molar-refractivity contribution is 0.0911. The number of hydrogen-bond donors (Lipinski definition) is 1. The van der Waals surface area contributed by atoms with Crippen molar-refractivity contribution in [3.63, 3.8) is 0 Å². The fraction of sp³-hybridized carbons (Fsp3) is 0.409. The van der Waals surface area contributed by atoms with Crippen molar-refractivity contribution in [3.8, 4) is 5.75 Å². The standard InChI is InChI=1S/C22H27ClN2O2/c1-2-13-25-14-11-20(12-15-25)24-22(26)18-5-3-17(4-6-18)16-27-21-9-7-19(23)8-10-21/h3-10,20H,2,11-16H2,1H3,(H,24,26). The van der Waals surface area contributed by atoms with E-state index >= 15 is 0 Å². The number of halogens is 1. The second-order valence-electron chi connectivity index (χ2n) is 7.03. The predicted molar refractivity (Wildman–Crippen MR) is 109 cm³/mol. The Bertz CT molecular complexity index is 723. The van der Waals surface area contributed by atoms with E-state index in [9.17, 15) is 4.79 Å². The molecule has 0 bridgehead atoms. The Kier molecular flexibility index (Phi) is 7.13. The van der Waals surface area contributed by atoms with Crippen LogP contribution < -0.4 is 10.1 Å². The molecule has 5 heteroatoms. The van der Waals surface area contributed by atoms with Crippen molar-refractivity contribution >= 4 is 17.5 Å². The zero-order valence-electron chi connectivity index (χ0n) is 15.8. The quantitative estimate of drug-likeness (QED) is 0.760. The van der Waals surface area contributed by atoms with E-state index in [1.54, 1.807) is 12.1 Å². The molecule has 1 fully saturated rings. The van der Waals surface area contributed by atoms with Crippen molar-refractivity contribution in [3.05, 3.63) is 64.7 Å². The van der Waals surface area contributed by atoms with Crippen molar-refractivity contribution in [2.24, 2.45) is 0 Å². The molecule has 144 valence electrons. The summed E-state index contributed by atoms with van der Waals surface area (Å²) in [5, 5.41) is 3.86. The highest BCUT2D eigenvalue weighted by Crippen LogP contribution is 2.17. The summed E-state index contributed by atoms with van der Waals surface area (Å²) in [4.78, 5) is 14.9. The van der Waals surface area contributed by atoms with Crippen molar-refractivity contribution in [2.45, 2.75) is 38.8 Å². The lowest BCUT2D eigenvalue weighted by atomic mass is 10.0. The third-order valence-corrected chi connectivity index (χ3v) is 5.15. The van der Waals surface area contributed by atoms with Gasteiger partial charge in [0, 0.05) is 29.7 Å². The fourth-order valence-corrected chi connectivity index (χ4v) is 3.46. The molecule has 1 N–H and O–H groups in total. The van der Waals surface area contributed by atoms with Gasteiger partial charge in [-0.3, -0.25) is 4.79 Å². The van der Waals surface area contributed by atoms with E-state index in [2.05, 4.69) is 17.1 Å². The minimum atomic E-state index is 0.00844. The van der Waals surface area contributed by atoms with Gasteiger partial charge in [-0.05, 0) is 67.8 Å². The summed E-state index contributed by atoms with van der Waals surface area (Å²) in [5.74, 6) is 0.782. The van der Waals surface area contributed by atoms with Crippen LogP contribution in [-0.4, -0.2) is 36.5 Å². The molecule has 0 saturated carbocycles. The first-order valence-corrected chi connectivity index (χ1v) is 10.0. The second kappa shape index (κ2) is 9.77. The molecule has 2 aromatic carbocycles. The number of likely N-dealkylation sites (tertiary alicyclic amines) is 1. The van der Waals surface area contributed by atoms with Gasteiger partial charge in [-0.2, -0.15) is 0 Å². The van der Waals surface area contributed by atoms with Crippen molar-refractivity contribution in [2.75, 3.05) is 19.6 Å². The van der Waals surface area contributed by atoms with Gasteiger partial charge in [-0.25, -0.2) is 0 Å². The molecular weight excluding hydrogens is 360 g/mol. The number of carbonyl (C=O) groups excluding carboxylic acids is 1. The molecule has 1 amide bonds. The van der Waals surface area contributed by atoms with Gasteiger partial charge in [0.15, 0.2) is 0 Å². The summed E-state index contributed by atoms with van der Waals surface area (Å²) in [6, 6.07) is 15.2. The molecule has 0 unspecified atom stereocenters. The summed E-state index contributed by atoms with van der Waals surface area (Å²) < 4.78 is 5.73. The molecule has 27 heavy (non-hydrogen) atoms. The summed E-state index contributed by atoms with van der Waals surface area (Å²) in [6.45, 7) is 5.96. The van der Waals surface area contributed by atoms with Crippen LogP contribution >= 0.6 is 11.6 Å². The van der Waals surface area contributed by atoms with Gasteiger partial charge in [-0.15, -0.1) is 0 Å². The number of hydrogen-bond acceptors (Lipinski definition) is 3. The first-order valence-electron chi connectivity index (χ1n) is 9.64. The first kappa shape index (κ1) is 19.7. The normalized spacial score (nSPS) is 15.5. The topological polar surface area (TPSA) is 41.6 Å². The molecule has 1 heterocycles. The number of ether oxygens (including phenoxy) is 1. The zero-order valence-corrected chi connectivity index (χ0v) is 16.5. The molecule has 0 spiro atoms. The van der Waals surface area contributed by atoms with Crippen molar-refractivity contribution < 1.29 is 9.53 Å². The maximum atomic E-state index is 12.5. The van der Waals surface area contributed by atoms with E-state index in [1.165, 1.54) is 6.42 Å². The average molecular weight is 387 g/mol. The van der Waals surface area contributed by atoms with Crippen LogP contribution in [-0.2, 0) is 6.61 Å². The highest BCUT2D eigenvalue weighted by Gasteiger charge is 2.20. The zero-order chi connectivity index (χ0) is 19.1. The Morgan fingerprint density at radius 1 is 1.11 bits per heavy atom. The Hall–Kier alpha value is -2.04. The van der Waals surface area contributed by atoms with Gasteiger partial charge >= 0.3 is 0 Å². The average Bonchev–Trinajstić information content (AvgIpc) is 2.70. The first-order chi connectivity index (χ1) is 13.1. The molecule has 0 aromatic heterocycles. The van der Waals surface area contributed by atoms with E-state index in [1.807, 2.05) is 36.4 Å². The number of nitrogens with zero attached hydrogens (tertiary/aromatic N) is 1. The van der Waals surface area contributed by atoms with Gasteiger partial charge in [0.05, 0.1) is 0 Å². The van der Waals surface area contributed by atoms with Crippen LogP contribution in [0.1, 0.15) is 42.1 Å². The molecule has 0 aliphatic carbocycles. The summed E-state index contributed by atoms with van der Waals surface area (Å²) >= 11 is 5.87. The van der Waals surface area contributed by atoms with Crippen LogP contribution in [0.3, 0.4) is 0 Å². The van der Waals surface area contributed by atoms with Gasteiger partial charge in [0.1, 0.15) is 12.4 Å². The molecular formula is C22H27ClN2O2. The molecule has 3 rings (SSSR count). The Balaban J connectivity index is 1.46. The minimum Gasteiger partial charge on any atom is -0.489 e. The number of amides is 1. The molecule has 1 saturated heterocycles. The smallest absolute Gasteiger partial charge is 0.251 e. The van der Waals surface area contributed by atoms with Crippen LogP contribution in [0.4, 0.5) is 0 Å². The van der Waals surface area contributed by atoms with Gasteiger partial charge in [-0.1, -0.05) is 30.7 Å². The second-order valence-corrected chi connectivity index (χ2v) is 7.47. The highest BCUT2D eigenvalue weighted by molar-refractivity contribution is 6.30. The van der Waals surface area contributed by atoms with E-state index in [0.717, 1.165) is 43.8 Å². The molecule has 4 nitrogen and oxygen atoms in total. The third-order valence-electron chi connectivity index (χ3n) is 4.90. The predicted octanol–water partition coefficient (Wildman–Crippen LogP) is 4.52. The minimum absolute atomic E-state index is 0.00844. The summed E-state index contributed by atoms with van der Waals surface area (Å²) in [5.41, 5.74) is 1.72. The van der Waals surface area contributed by atoms with E-state index < -0.39 is 0 Å². The fourth-order valence-electron chi connectivity index (χ4n) is 3.34. The van der Waals surface area contributed by atoms with Crippen LogP contribution in [0.25, 0.3) is 0 Å². The van der Waals surface area contributed by atoms with Crippen molar-refractivity contribution in [1.82, 2.24) is 10.2 Å². The van der Waals surface area contributed by atoms with E-state index in [0.29, 0.717) is 17.2 Å². The summed E-state index contributed by atoms with van der Waals surface area (Å²) in [6.07, 6.45) is 3.24. The number of rotatable bonds is 7. The SMILES string of the molecule is CCCN1CCC(NC(=O)c2ccc(COc3ccc(Cl)cc3)cc2)CC1. The van der Waals surface area contributed by atoms with Crippen LogP contribution in [0, 0.1) is 0 Å². The van der Waals surface area contributed by atoms with Crippen LogP contribution in [0.5, 0.6) is 5.75 Å². The molecule has 2 aromatic rings. The van der Waals surface area contributed by atoms with Crippen LogP contribution in [0.2, 0.25) is 5.02 Å². The lowest BCUT2D eigenvalue weighted by Gasteiger charge is -2.32. The molecule has 1 aliphatic heterocycles. The third kappa shape index (κ3) is 5.98. The Labute approximate surface area is 166 Å². The Morgan fingerprint density at radius 2 is 1.78 bits per heavy atom. The molecule has 0 radical (unpaired) electrons. The summed E-state index contributed by atoms with van der Waals surface area (Å²) in [7, 11) is 0. The Morgan fingerprint density at radius 3 is 2.41 bits per heavy atom. The maximum Gasteiger partial charge on any atom is 0.251 e. The van der Waals surface area contributed by atoms with Gasteiger partial charge < -0.3 is 15.0 Å². The maximum absolute atomic E-state index is 12.5. The monoisotopic (exact) mass is 386 g/mol. The van der Waals surface area contributed by atoms with E-state index in [4.69, 9.17) is 16.3 Å². The highest BCUT2D eigenvalue weighted by atomic mass is 35.5. The number of carbonyl (C=O) groups is 1. The molecule has 0 atom stereocenters. The number of piperidine rings is 1. The largest absolute Gasteiger partial charge is 0.489 e. The lowest BCUT2D eigenvalue weighted by Crippen LogP contribution is -2.44. The van der Waals surface area contributed by atoms with Crippen molar-refractivity contribution in [1.29, 1.82) is 0 Å². The number of nitrogens with one attached hydrogen (secondary N) is 1. The van der Waals surface area contributed by atoms with E-state index in [-0.39, 0.29) is 11.9 Å². The van der Waals surface area contributed by atoms with Crippen LogP contribution in [0.15, 0.2) is 48.5 Å². The number of benzene rings is 2. The molecule has 1 aliphatic rings. The van der Waals surface area contributed by atoms with Gasteiger partial charge in [0.2, 0.25) is 0 Å². The van der Waals surface area contributed by atoms with Gasteiger partial charge in [0.25, 0.3) is 5.91 Å².